The molecule has 0 aliphatic heterocycles. The third-order valence-corrected chi connectivity index (χ3v) is 7.39. The van der Waals surface area contributed by atoms with Crippen molar-refractivity contribution in [3.63, 3.8) is 0 Å². The number of rotatable bonds is 9. The van der Waals surface area contributed by atoms with Crippen molar-refractivity contribution in [1.29, 1.82) is 0 Å². The summed E-state index contributed by atoms with van der Waals surface area (Å²) in [6.07, 6.45) is 3.63. The molecule has 8 nitrogen and oxygen atoms in total. The zero-order valence-corrected chi connectivity index (χ0v) is 22.2. The lowest BCUT2D eigenvalue weighted by atomic mass is 10.0. The first-order chi connectivity index (χ1) is 18.1. The molecule has 0 spiro atoms. The van der Waals surface area contributed by atoms with Crippen molar-refractivity contribution in [3.05, 3.63) is 81.6 Å². The molecule has 0 bridgehead atoms. The summed E-state index contributed by atoms with van der Waals surface area (Å²) in [5.41, 5.74) is 11.1. The predicted octanol–water partition coefficient (Wildman–Crippen LogP) is 5.23. The average Bonchev–Trinajstić information content (AvgIpc) is 3.41. The summed E-state index contributed by atoms with van der Waals surface area (Å²) in [6, 6.07) is 9.63. The number of hydrazine groups is 1. The summed E-state index contributed by atoms with van der Waals surface area (Å²) in [7, 11) is 0. The van der Waals surface area contributed by atoms with Crippen molar-refractivity contribution < 1.29 is 13.5 Å². The van der Waals surface area contributed by atoms with Crippen molar-refractivity contribution in [1.82, 2.24) is 19.8 Å². The SMILES string of the molecule is Cc1cc(OCC2=C(F)C=CCC2F)c2nc(C)c(N([O-])NCC(C)(N)Cc3nc4ccccc4s3)n2c1. The minimum absolute atomic E-state index is 0.0434. The first-order valence-corrected chi connectivity index (χ1v) is 13.1. The summed E-state index contributed by atoms with van der Waals surface area (Å²) < 4.78 is 36.9. The number of imidazole rings is 1. The number of anilines is 1. The van der Waals surface area contributed by atoms with Crippen LogP contribution in [0.1, 0.15) is 29.6 Å². The van der Waals surface area contributed by atoms with Crippen LogP contribution in [0.2, 0.25) is 0 Å². The van der Waals surface area contributed by atoms with Crippen LogP contribution in [0.5, 0.6) is 5.75 Å². The molecule has 3 N–H and O–H groups in total. The molecular formula is C27H29F2N6O2S-. The molecule has 0 amide bonds. The number of thiazole rings is 1. The molecular weight excluding hydrogens is 510 g/mol. The molecule has 0 radical (unpaired) electrons. The number of para-hydroxylation sites is 1. The molecule has 0 fully saturated rings. The number of halogens is 2. The Balaban J connectivity index is 1.32. The molecule has 3 heterocycles. The number of nitrogens with two attached hydrogens (primary N) is 1. The highest BCUT2D eigenvalue weighted by Crippen LogP contribution is 2.30. The molecule has 5 rings (SSSR count). The van der Waals surface area contributed by atoms with Crippen molar-refractivity contribution >= 4 is 33.0 Å². The first kappa shape index (κ1) is 26.2. The van der Waals surface area contributed by atoms with E-state index in [0.29, 0.717) is 28.7 Å². The maximum Gasteiger partial charge on any atom is 0.181 e. The number of nitrogens with zero attached hydrogens (tertiary/aromatic N) is 4. The van der Waals surface area contributed by atoms with Crippen molar-refractivity contribution in [2.24, 2.45) is 5.73 Å². The van der Waals surface area contributed by atoms with E-state index in [9.17, 15) is 14.0 Å². The maximum atomic E-state index is 14.2. The number of aryl methyl sites for hydroxylation is 2. The molecule has 1 aromatic carbocycles. The molecule has 0 saturated heterocycles. The van der Waals surface area contributed by atoms with Crippen LogP contribution >= 0.6 is 11.3 Å². The van der Waals surface area contributed by atoms with Crippen molar-refractivity contribution in [3.8, 4) is 5.75 Å². The molecule has 11 heteroatoms. The number of benzene rings is 1. The quantitative estimate of drug-likeness (QED) is 0.281. The van der Waals surface area contributed by atoms with E-state index < -0.39 is 17.5 Å². The number of hydrogen-bond acceptors (Lipinski definition) is 8. The van der Waals surface area contributed by atoms with E-state index >= 15 is 0 Å². The molecule has 2 atom stereocenters. The van der Waals surface area contributed by atoms with Crippen molar-refractivity contribution in [2.75, 3.05) is 18.3 Å². The Kier molecular flexibility index (Phi) is 7.19. The van der Waals surface area contributed by atoms with Crippen LogP contribution in [0.25, 0.3) is 15.9 Å². The molecule has 1 aliphatic rings. The van der Waals surface area contributed by atoms with Gasteiger partial charge in [-0.1, -0.05) is 18.2 Å². The number of hydrogen-bond donors (Lipinski definition) is 2. The van der Waals surface area contributed by atoms with E-state index in [1.807, 2.05) is 38.1 Å². The van der Waals surface area contributed by atoms with Gasteiger partial charge in [0.15, 0.2) is 11.4 Å². The number of nitrogens with one attached hydrogen (secondary N) is 1. The lowest BCUT2D eigenvalue weighted by molar-refractivity contribution is 0.292. The van der Waals surface area contributed by atoms with Gasteiger partial charge in [0.25, 0.3) is 0 Å². The second-order valence-electron chi connectivity index (χ2n) is 9.90. The van der Waals surface area contributed by atoms with Gasteiger partial charge >= 0.3 is 0 Å². The lowest BCUT2D eigenvalue weighted by Crippen LogP contribution is -2.51. The van der Waals surface area contributed by atoms with Crippen LogP contribution in [-0.2, 0) is 6.42 Å². The van der Waals surface area contributed by atoms with E-state index in [4.69, 9.17) is 10.5 Å². The molecule has 4 aromatic rings. The topological polar surface area (TPSA) is 104 Å². The zero-order valence-electron chi connectivity index (χ0n) is 21.4. The van der Waals surface area contributed by atoms with Gasteiger partial charge in [0, 0.05) is 36.7 Å². The minimum Gasteiger partial charge on any atom is -0.742 e. The van der Waals surface area contributed by atoms with Gasteiger partial charge in [-0.25, -0.2) is 24.2 Å². The Bertz CT molecular complexity index is 1510. The molecule has 38 heavy (non-hydrogen) atoms. The summed E-state index contributed by atoms with van der Waals surface area (Å²) in [4.78, 5) is 9.16. The molecule has 1 aliphatic carbocycles. The van der Waals surface area contributed by atoms with Gasteiger partial charge < -0.3 is 20.9 Å². The number of allylic oxidation sites excluding steroid dienone is 3. The monoisotopic (exact) mass is 539 g/mol. The fourth-order valence-electron chi connectivity index (χ4n) is 4.43. The molecule has 200 valence electrons. The fourth-order valence-corrected chi connectivity index (χ4v) is 5.60. The molecule has 3 aromatic heterocycles. The van der Waals surface area contributed by atoms with Crippen molar-refractivity contribution in [2.45, 2.75) is 45.3 Å². The number of fused-ring (bicyclic) bond motifs is 2. The predicted molar refractivity (Wildman–Crippen MR) is 147 cm³/mol. The number of aromatic nitrogens is 3. The largest absolute Gasteiger partial charge is 0.742 e. The first-order valence-electron chi connectivity index (χ1n) is 12.3. The standard InChI is InChI=1S/C27H29F2N6O2S/c1-16-11-22(37-14-18-19(28)7-6-8-20(18)29)25-32-17(2)26(34(25)13-16)35(36)31-15-27(3,30)12-24-33-21-9-4-5-10-23(21)38-24/h4-7,9-11,13,20,31H,8,12,14-15,30H2,1-3H3/q-1. The Labute approximate surface area is 223 Å². The number of pyridine rings is 1. The van der Waals surface area contributed by atoms with E-state index in [1.165, 1.54) is 12.2 Å². The minimum atomic E-state index is -1.44. The molecule has 2 unspecified atom stereocenters. The Morgan fingerprint density at radius 3 is 2.87 bits per heavy atom. The highest BCUT2D eigenvalue weighted by Gasteiger charge is 2.24. The third kappa shape index (κ3) is 5.41. The van der Waals surface area contributed by atoms with E-state index in [2.05, 4.69) is 15.4 Å². The normalized spacial score (nSPS) is 17.4. The van der Waals surface area contributed by atoms with Crippen LogP contribution < -0.4 is 21.1 Å². The van der Waals surface area contributed by atoms with Gasteiger partial charge in [-0.15, -0.1) is 11.3 Å². The van der Waals surface area contributed by atoms with Gasteiger partial charge in [0.05, 0.1) is 20.9 Å². The van der Waals surface area contributed by atoms with Crippen LogP contribution in [-0.4, -0.2) is 39.2 Å². The summed E-state index contributed by atoms with van der Waals surface area (Å²) in [5.74, 6) is -0.0359. The fraction of sp³-hybridized carbons (Fsp3) is 0.333. The highest BCUT2D eigenvalue weighted by atomic mass is 32.1. The third-order valence-electron chi connectivity index (χ3n) is 6.35. The second kappa shape index (κ2) is 10.4. The van der Waals surface area contributed by atoms with Crippen LogP contribution in [0.4, 0.5) is 14.6 Å². The van der Waals surface area contributed by atoms with Gasteiger partial charge in [-0.3, -0.25) is 4.40 Å². The average molecular weight is 540 g/mol. The van der Waals surface area contributed by atoms with Gasteiger partial charge in [-0.2, -0.15) is 0 Å². The van der Waals surface area contributed by atoms with Gasteiger partial charge in [0.1, 0.15) is 24.4 Å². The van der Waals surface area contributed by atoms with E-state index in [1.54, 1.807) is 34.9 Å². The van der Waals surface area contributed by atoms with Crippen LogP contribution in [0, 0.1) is 19.1 Å². The second-order valence-corrected chi connectivity index (χ2v) is 11.0. The van der Waals surface area contributed by atoms with E-state index in [0.717, 1.165) is 20.8 Å². The smallest absolute Gasteiger partial charge is 0.181 e. The summed E-state index contributed by atoms with van der Waals surface area (Å²) >= 11 is 1.59. The Hall–Kier alpha value is -3.38. The zero-order chi connectivity index (χ0) is 27.0. The van der Waals surface area contributed by atoms with Crippen LogP contribution in [0.3, 0.4) is 0 Å². The van der Waals surface area contributed by atoms with Crippen LogP contribution in [0.15, 0.2) is 60.1 Å². The number of ether oxygens (including phenoxy) is 1. The summed E-state index contributed by atoms with van der Waals surface area (Å²) in [6.45, 7) is 5.35. The highest BCUT2D eigenvalue weighted by molar-refractivity contribution is 7.18. The lowest BCUT2D eigenvalue weighted by Gasteiger charge is -2.35. The summed E-state index contributed by atoms with van der Waals surface area (Å²) in [5, 5.41) is 14.8. The van der Waals surface area contributed by atoms with Gasteiger partial charge in [-0.05, 0) is 50.6 Å². The van der Waals surface area contributed by atoms with Gasteiger partial charge in [0.2, 0.25) is 0 Å². The number of alkyl halides is 1. The maximum absolute atomic E-state index is 14.2. The van der Waals surface area contributed by atoms with E-state index in [-0.39, 0.29) is 31.0 Å². The molecule has 0 saturated carbocycles. The Morgan fingerprint density at radius 2 is 2.11 bits per heavy atom. The Morgan fingerprint density at radius 1 is 1.32 bits per heavy atom.